The van der Waals surface area contributed by atoms with Gasteiger partial charge in [-0.3, -0.25) is 9.59 Å². The fourth-order valence-corrected chi connectivity index (χ4v) is 5.90. The molecule has 1 amide bonds. The minimum atomic E-state index is -3.20. The van der Waals surface area contributed by atoms with E-state index in [0.717, 1.165) is 22.5 Å². The molecule has 0 aliphatic carbocycles. The van der Waals surface area contributed by atoms with Gasteiger partial charge in [-0.1, -0.05) is 11.6 Å². The number of aromatic nitrogens is 1. The molecule has 0 unspecified atom stereocenters. The van der Waals surface area contributed by atoms with Gasteiger partial charge in [-0.15, -0.1) is 0 Å². The van der Waals surface area contributed by atoms with Crippen LogP contribution in [0.2, 0.25) is 5.02 Å². The number of amides is 1. The Labute approximate surface area is 212 Å². The van der Waals surface area contributed by atoms with Gasteiger partial charge in [0.25, 0.3) is 11.5 Å². The van der Waals surface area contributed by atoms with Crippen LogP contribution < -0.4 is 15.8 Å². The SMILES string of the molecule is CCN(c1cc(Cl)cc(C(=O)NCc2c(C)cc(C)n(C)c2=O)c1C)C1CCN(S(C)(=O)=O)CC1. The lowest BCUT2D eigenvalue weighted by molar-refractivity contribution is 0.0950. The second-order valence-electron chi connectivity index (χ2n) is 9.27. The van der Waals surface area contributed by atoms with Gasteiger partial charge in [-0.05, 0) is 69.9 Å². The predicted molar refractivity (Wildman–Crippen MR) is 141 cm³/mol. The van der Waals surface area contributed by atoms with E-state index in [1.54, 1.807) is 17.7 Å². The number of nitrogens with zero attached hydrogens (tertiary/aromatic N) is 3. The van der Waals surface area contributed by atoms with E-state index < -0.39 is 10.0 Å². The lowest BCUT2D eigenvalue weighted by atomic mass is 10.00. The van der Waals surface area contributed by atoms with Gasteiger partial charge in [0.2, 0.25) is 10.0 Å². The smallest absolute Gasteiger partial charge is 0.255 e. The molecule has 1 aliphatic rings. The number of aryl methyl sites for hydroxylation is 2. The standard InChI is InChI=1S/C25H35ClN4O4S/c1-7-30(20-8-10-29(11-9-20)35(6,33)34)23-14-19(26)13-21(18(23)4)24(31)27-15-22-16(2)12-17(3)28(5)25(22)32/h12-14,20H,7-11,15H2,1-6H3,(H,27,31). The number of pyridine rings is 1. The van der Waals surface area contributed by atoms with E-state index in [1.807, 2.05) is 39.8 Å². The number of hydrogen-bond donors (Lipinski definition) is 1. The Balaban J connectivity index is 1.84. The van der Waals surface area contributed by atoms with Crippen LogP contribution in [0.3, 0.4) is 0 Å². The van der Waals surface area contributed by atoms with Crippen LogP contribution in [-0.4, -0.2) is 55.1 Å². The van der Waals surface area contributed by atoms with Crippen LogP contribution in [0.15, 0.2) is 23.0 Å². The van der Waals surface area contributed by atoms with Crippen LogP contribution in [0, 0.1) is 20.8 Å². The number of sulfonamides is 1. The molecule has 1 aromatic heterocycles. The van der Waals surface area contributed by atoms with Crippen molar-refractivity contribution in [1.82, 2.24) is 14.2 Å². The van der Waals surface area contributed by atoms with E-state index in [9.17, 15) is 18.0 Å². The molecule has 10 heteroatoms. The van der Waals surface area contributed by atoms with Crippen LogP contribution in [0.25, 0.3) is 0 Å². The van der Waals surface area contributed by atoms with Crippen LogP contribution >= 0.6 is 11.6 Å². The molecule has 8 nitrogen and oxygen atoms in total. The van der Waals surface area contributed by atoms with Crippen LogP contribution in [0.5, 0.6) is 0 Å². The largest absolute Gasteiger partial charge is 0.368 e. The van der Waals surface area contributed by atoms with E-state index in [0.29, 0.717) is 48.6 Å². The first kappa shape index (κ1) is 27.2. The lowest BCUT2D eigenvalue weighted by Crippen LogP contribution is -2.46. The van der Waals surface area contributed by atoms with Crippen molar-refractivity contribution in [2.45, 2.75) is 53.1 Å². The average Bonchev–Trinajstić information content (AvgIpc) is 2.79. The monoisotopic (exact) mass is 522 g/mol. The molecule has 192 valence electrons. The van der Waals surface area contributed by atoms with E-state index >= 15 is 0 Å². The Hall–Kier alpha value is -2.36. The summed E-state index contributed by atoms with van der Waals surface area (Å²) < 4.78 is 26.9. The molecule has 2 heterocycles. The minimum Gasteiger partial charge on any atom is -0.368 e. The summed E-state index contributed by atoms with van der Waals surface area (Å²) in [5.74, 6) is -0.295. The fraction of sp³-hybridized carbons (Fsp3) is 0.520. The number of halogens is 1. The number of piperidine rings is 1. The molecule has 3 rings (SSSR count). The number of anilines is 1. The highest BCUT2D eigenvalue weighted by Gasteiger charge is 2.29. The van der Waals surface area contributed by atoms with Crippen molar-refractivity contribution in [1.29, 1.82) is 0 Å². The molecule has 0 bridgehead atoms. The highest BCUT2D eigenvalue weighted by molar-refractivity contribution is 7.88. The molecular weight excluding hydrogens is 488 g/mol. The number of rotatable bonds is 7. The molecule has 35 heavy (non-hydrogen) atoms. The zero-order valence-corrected chi connectivity index (χ0v) is 22.9. The Kier molecular flexibility index (Phi) is 8.34. The maximum absolute atomic E-state index is 13.2. The molecule has 1 fully saturated rings. The Bertz CT molecular complexity index is 1280. The van der Waals surface area contributed by atoms with Crippen LogP contribution in [0.1, 0.15) is 52.5 Å². The van der Waals surface area contributed by atoms with Crippen molar-refractivity contribution in [3.63, 3.8) is 0 Å². The summed E-state index contributed by atoms with van der Waals surface area (Å²) in [6, 6.07) is 5.58. The van der Waals surface area contributed by atoms with Crippen molar-refractivity contribution >= 4 is 33.2 Å². The van der Waals surface area contributed by atoms with Crippen LogP contribution in [-0.2, 0) is 23.6 Å². The fourth-order valence-electron chi connectivity index (χ4n) is 4.82. The van der Waals surface area contributed by atoms with E-state index in [1.165, 1.54) is 10.6 Å². The van der Waals surface area contributed by atoms with Crippen LogP contribution in [0.4, 0.5) is 5.69 Å². The maximum Gasteiger partial charge on any atom is 0.255 e. The van der Waals surface area contributed by atoms with Crippen molar-refractivity contribution in [2.75, 3.05) is 30.8 Å². The predicted octanol–water partition coefficient (Wildman–Crippen LogP) is 3.14. The number of hydrogen-bond acceptors (Lipinski definition) is 5. The maximum atomic E-state index is 13.2. The molecule has 0 spiro atoms. The summed E-state index contributed by atoms with van der Waals surface area (Å²) in [6.45, 7) is 9.44. The zero-order valence-electron chi connectivity index (χ0n) is 21.3. The van der Waals surface area contributed by atoms with Gasteiger partial charge in [0.05, 0.1) is 6.26 Å². The van der Waals surface area contributed by atoms with Gasteiger partial charge >= 0.3 is 0 Å². The van der Waals surface area contributed by atoms with Gasteiger partial charge in [-0.25, -0.2) is 12.7 Å². The molecule has 0 saturated carbocycles. The van der Waals surface area contributed by atoms with Gasteiger partial charge in [0.1, 0.15) is 0 Å². The Morgan fingerprint density at radius 1 is 1.17 bits per heavy atom. The van der Waals surface area contributed by atoms with E-state index in [-0.39, 0.29) is 24.1 Å². The summed E-state index contributed by atoms with van der Waals surface area (Å²) in [5.41, 5.74) is 4.26. The highest BCUT2D eigenvalue weighted by atomic mass is 35.5. The summed E-state index contributed by atoms with van der Waals surface area (Å²) in [6.07, 6.45) is 2.64. The zero-order chi connectivity index (χ0) is 26.1. The molecule has 1 saturated heterocycles. The third-order valence-corrected chi connectivity index (χ3v) is 8.51. The molecule has 0 radical (unpaired) electrons. The minimum absolute atomic E-state index is 0.121. The molecule has 1 N–H and O–H groups in total. The molecular formula is C25H35ClN4O4S. The summed E-state index contributed by atoms with van der Waals surface area (Å²) in [4.78, 5) is 28.1. The number of carbonyl (C=O) groups is 1. The van der Waals surface area contributed by atoms with Gasteiger partial charge in [0.15, 0.2) is 0 Å². The summed E-state index contributed by atoms with van der Waals surface area (Å²) >= 11 is 6.45. The third kappa shape index (κ3) is 5.90. The first-order valence-electron chi connectivity index (χ1n) is 11.8. The third-order valence-electron chi connectivity index (χ3n) is 6.99. The summed E-state index contributed by atoms with van der Waals surface area (Å²) in [5, 5.41) is 3.34. The molecule has 1 aromatic carbocycles. The molecule has 2 aromatic rings. The van der Waals surface area contributed by atoms with Crippen molar-refractivity contribution in [2.24, 2.45) is 7.05 Å². The average molecular weight is 523 g/mol. The summed E-state index contributed by atoms with van der Waals surface area (Å²) in [7, 11) is -1.48. The number of benzene rings is 1. The Morgan fingerprint density at radius 3 is 2.37 bits per heavy atom. The second kappa shape index (κ2) is 10.7. The van der Waals surface area contributed by atoms with Gasteiger partial charge in [-0.2, -0.15) is 0 Å². The first-order chi connectivity index (χ1) is 16.3. The van der Waals surface area contributed by atoms with Crippen molar-refractivity contribution < 1.29 is 13.2 Å². The van der Waals surface area contributed by atoms with Gasteiger partial charge < -0.3 is 14.8 Å². The molecule has 0 atom stereocenters. The Morgan fingerprint density at radius 2 is 1.80 bits per heavy atom. The molecule has 1 aliphatic heterocycles. The number of carbonyl (C=O) groups excluding carboxylic acids is 1. The highest BCUT2D eigenvalue weighted by Crippen LogP contribution is 2.32. The lowest BCUT2D eigenvalue weighted by Gasteiger charge is -2.39. The quantitative estimate of drug-likeness (QED) is 0.603. The second-order valence-corrected chi connectivity index (χ2v) is 11.7. The van der Waals surface area contributed by atoms with Gasteiger partial charge in [0, 0.05) is 66.8 Å². The normalized spacial score (nSPS) is 15.3. The van der Waals surface area contributed by atoms with Crippen molar-refractivity contribution in [3.8, 4) is 0 Å². The van der Waals surface area contributed by atoms with E-state index in [2.05, 4.69) is 10.2 Å². The van der Waals surface area contributed by atoms with E-state index in [4.69, 9.17) is 11.6 Å². The van der Waals surface area contributed by atoms with Crippen molar-refractivity contribution in [3.05, 3.63) is 61.5 Å². The number of nitrogens with one attached hydrogen (secondary N) is 1. The first-order valence-corrected chi connectivity index (χ1v) is 14.0. The topological polar surface area (TPSA) is 91.7 Å².